The SMILES string of the molecule is [CH2]CCCCCOCC[N+]1(CCCC)CCCCC1. The summed E-state index contributed by atoms with van der Waals surface area (Å²) in [5.41, 5.74) is 0. The molecule has 0 unspecified atom stereocenters. The highest BCUT2D eigenvalue weighted by atomic mass is 16.5. The molecule has 0 N–H and O–H groups in total. The predicted molar refractivity (Wildman–Crippen MR) is 83.1 cm³/mol. The summed E-state index contributed by atoms with van der Waals surface area (Å²) in [6, 6.07) is 0. The van der Waals surface area contributed by atoms with Gasteiger partial charge in [-0.15, -0.1) is 0 Å². The monoisotopic (exact) mass is 269 g/mol. The quantitative estimate of drug-likeness (QED) is 0.403. The first kappa shape index (κ1) is 17.0. The highest BCUT2D eigenvalue weighted by molar-refractivity contribution is 4.55. The van der Waals surface area contributed by atoms with E-state index >= 15 is 0 Å². The summed E-state index contributed by atoms with van der Waals surface area (Å²) >= 11 is 0. The van der Waals surface area contributed by atoms with Gasteiger partial charge in [0.1, 0.15) is 6.54 Å². The van der Waals surface area contributed by atoms with Crippen LogP contribution in [0.1, 0.15) is 64.7 Å². The Bertz CT molecular complexity index is 199. The maximum atomic E-state index is 5.85. The minimum atomic E-state index is 0.952. The van der Waals surface area contributed by atoms with Crippen molar-refractivity contribution in [1.29, 1.82) is 0 Å². The van der Waals surface area contributed by atoms with Gasteiger partial charge in [-0.3, -0.25) is 0 Å². The molecular formula is C17H35NO+. The van der Waals surface area contributed by atoms with Crippen LogP contribution in [0.4, 0.5) is 0 Å². The van der Waals surface area contributed by atoms with Crippen LogP contribution in [0, 0.1) is 6.92 Å². The average molecular weight is 269 g/mol. The summed E-state index contributed by atoms with van der Waals surface area (Å²) in [5.74, 6) is 0. The molecule has 113 valence electrons. The van der Waals surface area contributed by atoms with E-state index in [4.69, 9.17) is 4.74 Å². The molecule has 1 aliphatic rings. The largest absolute Gasteiger partial charge is 0.376 e. The molecule has 0 aliphatic carbocycles. The summed E-state index contributed by atoms with van der Waals surface area (Å²) < 4.78 is 7.19. The molecule has 1 saturated heterocycles. The van der Waals surface area contributed by atoms with Crippen LogP contribution in [0.15, 0.2) is 0 Å². The summed E-state index contributed by atoms with van der Waals surface area (Å²) in [4.78, 5) is 0. The Balaban J connectivity index is 2.14. The van der Waals surface area contributed by atoms with E-state index in [0.717, 1.165) is 19.6 Å². The maximum Gasteiger partial charge on any atom is 0.102 e. The fourth-order valence-electron chi connectivity index (χ4n) is 3.15. The standard InChI is InChI=1S/C17H35NO/c1-3-5-7-11-16-19-17-15-18(12-6-4-2)13-9-8-10-14-18/h1,3-17H2,2H3/q+1. The summed E-state index contributed by atoms with van der Waals surface area (Å²) in [7, 11) is 0. The van der Waals surface area contributed by atoms with E-state index in [1.165, 1.54) is 82.0 Å². The van der Waals surface area contributed by atoms with E-state index in [2.05, 4.69) is 13.8 Å². The molecule has 1 rings (SSSR count). The van der Waals surface area contributed by atoms with Crippen molar-refractivity contribution in [3.05, 3.63) is 6.92 Å². The van der Waals surface area contributed by atoms with E-state index in [-0.39, 0.29) is 0 Å². The van der Waals surface area contributed by atoms with Crippen molar-refractivity contribution in [3.8, 4) is 0 Å². The smallest absolute Gasteiger partial charge is 0.102 e. The third-order valence-electron chi connectivity index (χ3n) is 4.50. The molecule has 0 aromatic rings. The zero-order valence-corrected chi connectivity index (χ0v) is 13.2. The summed E-state index contributed by atoms with van der Waals surface area (Å²) in [6.45, 7) is 13.5. The van der Waals surface area contributed by atoms with E-state index in [1.54, 1.807) is 0 Å². The van der Waals surface area contributed by atoms with Gasteiger partial charge in [-0.25, -0.2) is 0 Å². The zero-order valence-electron chi connectivity index (χ0n) is 13.2. The Morgan fingerprint density at radius 1 is 0.895 bits per heavy atom. The van der Waals surface area contributed by atoms with Crippen LogP contribution < -0.4 is 0 Å². The van der Waals surface area contributed by atoms with Crippen molar-refractivity contribution in [2.75, 3.05) is 39.4 Å². The van der Waals surface area contributed by atoms with Crippen molar-refractivity contribution in [2.24, 2.45) is 0 Å². The van der Waals surface area contributed by atoms with Gasteiger partial charge in [0.25, 0.3) is 0 Å². The molecule has 0 bridgehead atoms. The van der Waals surface area contributed by atoms with Crippen LogP contribution in [0.25, 0.3) is 0 Å². The van der Waals surface area contributed by atoms with Gasteiger partial charge in [0.15, 0.2) is 0 Å². The van der Waals surface area contributed by atoms with E-state index in [1.807, 2.05) is 0 Å². The Labute approximate surface area is 121 Å². The first-order chi connectivity index (χ1) is 9.33. The molecule has 1 fully saturated rings. The third kappa shape index (κ3) is 7.31. The van der Waals surface area contributed by atoms with Gasteiger partial charge < -0.3 is 9.22 Å². The molecule has 1 heterocycles. The van der Waals surface area contributed by atoms with Crippen LogP contribution in [0.2, 0.25) is 0 Å². The third-order valence-corrected chi connectivity index (χ3v) is 4.50. The lowest BCUT2D eigenvalue weighted by Gasteiger charge is -2.41. The predicted octanol–water partition coefficient (Wildman–Crippen LogP) is 4.20. The van der Waals surface area contributed by atoms with Gasteiger partial charge in [0, 0.05) is 6.61 Å². The molecule has 0 aromatic carbocycles. The number of rotatable bonds is 11. The normalized spacial score (nSPS) is 18.6. The number of piperidine rings is 1. The zero-order chi connectivity index (χ0) is 13.8. The number of likely N-dealkylation sites (tertiary alicyclic amines) is 1. The molecule has 1 aliphatic heterocycles. The Morgan fingerprint density at radius 2 is 1.68 bits per heavy atom. The van der Waals surface area contributed by atoms with Gasteiger partial charge in [-0.2, -0.15) is 0 Å². The Morgan fingerprint density at radius 3 is 2.37 bits per heavy atom. The number of ether oxygens (including phenoxy) is 1. The lowest BCUT2D eigenvalue weighted by molar-refractivity contribution is -0.933. The molecule has 0 amide bonds. The van der Waals surface area contributed by atoms with Gasteiger partial charge in [0.05, 0.1) is 26.2 Å². The van der Waals surface area contributed by atoms with Crippen molar-refractivity contribution in [1.82, 2.24) is 0 Å². The minimum absolute atomic E-state index is 0.952. The summed E-state index contributed by atoms with van der Waals surface area (Å²) in [5, 5.41) is 0. The first-order valence-corrected chi connectivity index (χ1v) is 8.55. The molecule has 0 atom stereocenters. The van der Waals surface area contributed by atoms with Crippen molar-refractivity contribution in [3.63, 3.8) is 0 Å². The van der Waals surface area contributed by atoms with Crippen LogP contribution in [-0.2, 0) is 4.74 Å². The molecule has 2 heteroatoms. The molecular weight excluding hydrogens is 234 g/mol. The fourth-order valence-corrected chi connectivity index (χ4v) is 3.15. The van der Waals surface area contributed by atoms with Crippen molar-refractivity contribution in [2.45, 2.75) is 64.7 Å². The van der Waals surface area contributed by atoms with E-state index in [0.29, 0.717) is 0 Å². The molecule has 1 radical (unpaired) electrons. The van der Waals surface area contributed by atoms with Crippen LogP contribution in [0.5, 0.6) is 0 Å². The number of unbranched alkanes of at least 4 members (excludes halogenated alkanes) is 4. The molecule has 2 nitrogen and oxygen atoms in total. The number of nitrogens with zero attached hydrogens (tertiary/aromatic N) is 1. The Kier molecular flexibility index (Phi) is 9.54. The van der Waals surface area contributed by atoms with E-state index < -0.39 is 0 Å². The second-order valence-electron chi connectivity index (χ2n) is 6.18. The second kappa shape index (κ2) is 10.7. The molecule has 19 heavy (non-hydrogen) atoms. The highest BCUT2D eigenvalue weighted by Crippen LogP contribution is 2.19. The van der Waals surface area contributed by atoms with Gasteiger partial charge in [0.2, 0.25) is 0 Å². The van der Waals surface area contributed by atoms with Crippen molar-refractivity contribution < 1.29 is 9.22 Å². The van der Waals surface area contributed by atoms with Crippen LogP contribution >= 0.6 is 0 Å². The molecule has 0 spiro atoms. The second-order valence-corrected chi connectivity index (χ2v) is 6.18. The molecule has 0 saturated carbocycles. The number of hydrogen-bond donors (Lipinski definition) is 0. The average Bonchev–Trinajstić information content (AvgIpc) is 2.45. The lowest BCUT2D eigenvalue weighted by atomic mass is 10.1. The minimum Gasteiger partial charge on any atom is -0.376 e. The fraction of sp³-hybridized carbons (Fsp3) is 0.941. The number of quaternary nitrogens is 1. The lowest BCUT2D eigenvalue weighted by Crippen LogP contribution is -2.53. The van der Waals surface area contributed by atoms with Gasteiger partial charge in [-0.05, 0) is 32.1 Å². The van der Waals surface area contributed by atoms with Crippen molar-refractivity contribution >= 4 is 0 Å². The maximum absolute atomic E-state index is 5.85. The van der Waals surface area contributed by atoms with Crippen LogP contribution in [-0.4, -0.2) is 43.9 Å². The van der Waals surface area contributed by atoms with Gasteiger partial charge in [-0.1, -0.05) is 39.5 Å². The van der Waals surface area contributed by atoms with Crippen LogP contribution in [0.3, 0.4) is 0 Å². The van der Waals surface area contributed by atoms with Gasteiger partial charge >= 0.3 is 0 Å². The topological polar surface area (TPSA) is 9.23 Å². The number of hydrogen-bond acceptors (Lipinski definition) is 1. The van der Waals surface area contributed by atoms with E-state index in [9.17, 15) is 0 Å². The molecule has 0 aromatic heterocycles. The highest BCUT2D eigenvalue weighted by Gasteiger charge is 2.28. The summed E-state index contributed by atoms with van der Waals surface area (Å²) in [6.07, 6.45) is 11.8. The first-order valence-electron chi connectivity index (χ1n) is 8.55. The Hall–Kier alpha value is -0.0800.